The number of nitrogens with zero attached hydrogens (tertiary/aromatic N) is 2. The van der Waals surface area contributed by atoms with Gasteiger partial charge < -0.3 is 19.9 Å². The Morgan fingerprint density at radius 3 is 2.75 bits per heavy atom. The zero-order valence-corrected chi connectivity index (χ0v) is 15.9. The van der Waals surface area contributed by atoms with Gasteiger partial charge in [-0.3, -0.25) is 4.99 Å². The number of hydrogen-bond donors (Lipinski definition) is 2. The quantitative estimate of drug-likeness (QED) is 0.572. The van der Waals surface area contributed by atoms with Gasteiger partial charge in [-0.25, -0.2) is 0 Å². The Morgan fingerprint density at radius 2 is 2.11 bits per heavy atom. The molecule has 1 aliphatic rings. The van der Waals surface area contributed by atoms with Gasteiger partial charge in [0, 0.05) is 25.1 Å². The van der Waals surface area contributed by atoms with Crippen molar-refractivity contribution in [3.8, 4) is 5.75 Å². The van der Waals surface area contributed by atoms with Crippen molar-refractivity contribution in [2.45, 2.75) is 51.1 Å². The third-order valence-electron chi connectivity index (χ3n) is 4.48. The molecule has 28 heavy (non-hydrogen) atoms. The highest BCUT2D eigenvalue weighted by atomic mass is 19.4. The molecule has 0 amide bonds. The molecule has 0 saturated heterocycles. The van der Waals surface area contributed by atoms with E-state index in [1.165, 1.54) is 12.1 Å². The molecule has 0 bridgehead atoms. The molecule has 0 spiro atoms. The molecule has 0 aliphatic heterocycles. The van der Waals surface area contributed by atoms with E-state index < -0.39 is 6.36 Å². The van der Waals surface area contributed by atoms with Gasteiger partial charge in [-0.1, -0.05) is 37.2 Å². The lowest BCUT2D eigenvalue weighted by atomic mass is 10.1. The molecule has 2 atom stereocenters. The second kappa shape index (κ2) is 8.12. The van der Waals surface area contributed by atoms with Gasteiger partial charge in [0.2, 0.25) is 0 Å². The number of aromatic nitrogens is 1. The van der Waals surface area contributed by atoms with E-state index in [0.717, 1.165) is 5.69 Å². The molecule has 2 unspecified atom stereocenters. The molecule has 1 aromatic carbocycles. The Bertz CT molecular complexity index is 833. The minimum absolute atomic E-state index is 0.0230. The summed E-state index contributed by atoms with van der Waals surface area (Å²) in [5, 5.41) is 10.3. The molecule has 1 aromatic heterocycles. The first-order chi connectivity index (χ1) is 13.3. The molecule has 9 heteroatoms. The fourth-order valence-electron chi connectivity index (χ4n) is 2.93. The van der Waals surface area contributed by atoms with Crippen LogP contribution >= 0.6 is 0 Å². The summed E-state index contributed by atoms with van der Waals surface area (Å²) in [5.41, 5.74) is 1.41. The van der Waals surface area contributed by atoms with Gasteiger partial charge in [0.1, 0.15) is 5.75 Å². The molecule has 152 valence electrons. The van der Waals surface area contributed by atoms with E-state index in [0.29, 0.717) is 30.2 Å². The predicted octanol–water partition coefficient (Wildman–Crippen LogP) is 3.92. The average molecular weight is 396 g/mol. The largest absolute Gasteiger partial charge is 0.573 e. The number of rotatable bonds is 6. The average Bonchev–Trinajstić information content (AvgIpc) is 3.21. The Labute approximate surface area is 161 Å². The summed E-state index contributed by atoms with van der Waals surface area (Å²) < 4.78 is 47.2. The monoisotopic (exact) mass is 396 g/mol. The van der Waals surface area contributed by atoms with Gasteiger partial charge in [-0.15, -0.1) is 13.2 Å². The summed E-state index contributed by atoms with van der Waals surface area (Å²) in [5.74, 6) is 1.28. The maximum absolute atomic E-state index is 12.6. The van der Waals surface area contributed by atoms with Crippen LogP contribution in [0.2, 0.25) is 0 Å². The van der Waals surface area contributed by atoms with Crippen LogP contribution in [0.4, 0.5) is 13.2 Å². The standard InChI is InChI=1S/C19H23F3N4O2/c1-11(2)15-8-12(28-26-15)10-24-18(23-3)25-16-9-14(16)13-6-4-5-7-17(13)27-19(20,21)22/h4-8,11,14,16H,9-10H2,1-3H3,(H2,23,24,25). The van der Waals surface area contributed by atoms with E-state index >= 15 is 0 Å². The van der Waals surface area contributed by atoms with Crippen molar-refractivity contribution in [3.63, 3.8) is 0 Å². The van der Waals surface area contributed by atoms with E-state index in [1.807, 2.05) is 19.9 Å². The number of para-hydroxylation sites is 1. The summed E-state index contributed by atoms with van der Waals surface area (Å²) >= 11 is 0. The van der Waals surface area contributed by atoms with Gasteiger partial charge in [0.05, 0.1) is 12.2 Å². The Kier molecular flexibility index (Phi) is 5.81. The number of ether oxygens (including phenoxy) is 1. The SMILES string of the molecule is CN=C(NCc1cc(C(C)C)no1)NC1CC1c1ccccc1OC(F)(F)F. The van der Waals surface area contributed by atoms with Crippen LogP contribution in [0, 0.1) is 0 Å². The number of benzene rings is 1. The third kappa shape index (κ3) is 5.17. The molecule has 1 aliphatic carbocycles. The van der Waals surface area contributed by atoms with Gasteiger partial charge in [-0.05, 0) is 24.0 Å². The topological polar surface area (TPSA) is 71.7 Å². The maximum Gasteiger partial charge on any atom is 0.573 e. The Morgan fingerprint density at radius 1 is 1.36 bits per heavy atom. The fraction of sp³-hybridized carbons (Fsp3) is 0.474. The van der Waals surface area contributed by atoms with Crippen LogP contribution in [0.1, 0.15) is 49.1 Å². The first kappa shape index (κ1) is 20.0. The molecular weight excluding hydrogens is 373 g/mol. The molecule has 1 fully saturated rings. The minimum Gasteiger partial charge on any atom is -0.405 e. The number of nitrogens with one attached hydrogen (secondary N) is 2. The van der Waals surface area contributed by atoms with Crippen LogP contribution < -0.4 is 15.4 Å². The smallest absolute Gasteiger partial charge is 0.405 e. The zero-order chi connectivity index (χ0) is 20.3. The van der Waals surface area contributed by atoms with E-state index in [2.05, 4.69) is 25.5 Å². The van der Waals surface area contributed by atoms with Gasteiger partial charge in [-0.2, -0.15) is 0 Å². The molecule has 6 nitrogen and oxygen atoms in total. The minimum atomic E-state index is -4.71. The molecule has 1 saturated carbocycles. The summed E-state index contributed by atoms with van der Waals surface area (Å²) in [7, 11) is 1.63. The molecule has 3 rings (SSSR count). The van der Waals surface area contributed by atoms with Crippen LogP contribution in [0.25, 0.3) is 0 Å². The van der Waals surface area contributed by atoms with E-state index in [4.69, 9.17) is 4.52 Å². The second-order valence-corrected chi connectivity index (χ2v) is 6.98. The fourth-order valence-corrected chi connectivity index (χ4v) is 2.93. The lowest BCUT2D eigenvalue weighted by Crippen LogP contribution is -2.38. The number of guanidine groups is 1. The van der Waals surface area contributed by atoms with E-state index in [9.17, 15) is 13.2 Å². The van der Waals surface area contributed by atoms with Crippen molar-refractivity contribution >= 4 is 5.96 Å². The van der Waals surface area contributed by atoms with Crippen LogP contribution in [-0.2, 0) is 6.54 Å². The van der Waals surface area contributed by atoms with E-state index in [1.54, 1.807) is 19.2 Å². The van der Waals surface area contributed by atoms with Crippen molar-refractivity contribution in [2.75, 3.05) is 7.05 Å². The van der Waals surface area contributed by atoms with Crippen LogP contribution in [-0.4, -0.2) is 30.6 Å². The highest BCUT2D eigenvalue weighted by Gasteiger charge is 2.42. The molecule has 0 radical (unpaired) electrons. The third-order valence-corrected chi connectivity index (χ3v) is 4.48. The molecular formula is C19H23F3N4O2. The van der Waals surface area contributed by atoms with Crippen LogP contribution in [0.15, 0.2) is 39.8 Å². The molecule has 2 N–H and O–H groups in total. The van der Waals surface area contributed by atoms with Crippen LogP contribution in [0.3, 0.4) is 0 Å². The summed E-state index contributed by atoms with van der Waals surface area (Å²) in [6, 6.07) is 8.09. The Hall–Kier alpha value is -2.71. The number of alkyl halides is 3. The summed E-state index contributed by atoms with van der Waals surface area (Å²) in [6.45, 7) is 4.47. The maximum atomic E-state index is 12.6. The highest BCUT2D eigenvalue weighted by molar-refractivity contribution is 5.80. The van der Waals surface area contributed by atoms with Gasteiger partial charge in [0.15, 0.2) is 11.7 Å². The number of aliphatic imine (C=N–C) groups is 1. The number of hydrogen-bond acceptors (Lipinski definition) is 4. The first-order valence-electron chi connectivity index (χ1n) is 9.04. The van der Waals surface area contributed by atoms with Gasteiger partial charge >= 0.3 is 6.36 Å². The van der Waals surface area contributed by atoms with Crippen molar-refractivity contribution in [1.82, 2.24) is 15.8 Å². The summed E-state index contributed by atoms with van der Waals surface area (Å²) in [4.78, 5) is 4.16. The Balaban J connectivity index is 1.56. The first-order valence-corrected chi connectivity index (χ1v) is 9.04. The molecule has 2 aromatic rings. The van der Waals surface area contributed by atoms with E-state index in [-0.39, 0.29) is 23.6 Å². The molecule has 1 heterocycles. The van der Waals surface area contributed by atoms with Crippen molar-refractivity contribution in [2.24, 2.45) is 4.99 Å². The predicted molar refractivity (Wildman–Crippen MR) is 98.2 cm³/mol. The van der Waals surface area contributed by atoms with Crippen molar-refractivity contribution < 1.29 is 22.4 Å². The zero-order valence-electron chi connectivity index (χ0n) is 15.9. The second-order valence-electron chi connectivity index (χ2n) is 6.98. The highest BCUT2D eigenvalue weighted by Crippen LogP contribution is 2.45. The van der Waals surface area contributed by atoms with Crippen LogP contribution in [0.5, 0.6) is 5.75 Å². The van der Waals surface area contributed by atoms with Crippen molar-refractivity contribution in [1.29, 1.82) is 0 Å². The normalized spacial score (nSPS) is 19.6. The van der Waals surface area contributed by atoms with Crippen molar-refractivity contribution in [3.05, 3.63) is 47.3 Å². The lowest BCUT2D eigenvalue weighted by molar-refractivity contribution is -0.274. The number of halogens is 3. The van der Waals surface area contributed by atoms with Gasteiger partial charge in [0.25, 0.3) is 0 Å². The summed E-state index contributed by atoms with van der Waals surface area (Å²) in [6.07, 6.45) is -4.02. The lowest BCUT2D eigenvalue weighted by Gasteiger charge is -2.14.